The number of hydrogen-bond donors (Lipinski definition) is 1. The summed E-state index contributed by atoms with van der Waals surface area (Å²) in [5.41, 5.74) is 12.4. The maximum Gasteiger partial charge on any atom is 0.254 e. The summed E-state index contributed by atoms with van der Waals surface area (Å²) in [5.74, 6) is 2.26. The van der Waals surface area contributed by atoms with Crippen LogP contribution in [0.4, 0.5) is 4.39 Å². The molecule has 3 aliphatic rings. The highest BCUT2D eigenvalue weighted by Crippen LogP contribution is 2.41. The highest BCUT2D eigenvalue weighted by Gasteiger charge is 2.47. The van der Waals surface area contributed by atoms with Crippen molar-refractivity contribution in [2.75, 3.05) is 20.8 Å². The first-order chi connectivity index (χ1) is 21.3. The first-order valence-electron chi connectivity index (χ1n) is 15.4. The molecule has 2 bridgehead atoms. The van der Waals surface area contributed by atoms with E-state index in [1.165, 1.54) is 26.0 Å². The molecule has 1 saturated heterocycles. The number of halogens is 1. The van der Waals surface area contributed by atoms with E-state index in [0.29, 0.717) is 29.7 Å². The van der Waals surface area contributed by atoms with E-state index in [0.717, 1.165) is 64.0 Å². The van der Waals surface area contributed by atoms with Gasteiger partial charge in [-0.15, -0.1) is 0 Å². The minimum atomic E-state index is -0.384. The number of hydrogen-bond acceptors (Lipinski definition) is 5. The van der Waals surface area contributed by atoms with Crippen molar-refractivity contribution >= 4 is 27.8 Å². The van der Waals surface area contributed by atoms with Crippen LogP contribution in [-0.4, -0.2) is 57.8 Å². The van der Waals surface area contributed by atoms with E-state index < -0.39 is 0 Å². The molecule has 2 N–H and O–H groups in total. The van der Waals surface area contributed by atoms with Gasteiger partial charge in [0.25, 0.3) is 5.91 Å². The van der Waals surface area contributed by atoms with Gasteiger partial charge in [0.15, 0.2) is 17.4 Å². The third kappa shape index (κ3) is 4.20. The molecule has 1 aliphatic heterocycles. The molecule has 8 rings (SSSR count). The summed E-state index contributed by atoms with van der Waals surface area (Å²) < 4.78 is 30.0. The molecule has 5 aromatic rings. The Morgan fingerprint density at radius 3 is 2.43 bits per heavy atom. The van der Waals surface area contributed by atoms with E-state index in [1.807, 2.05) is 36.2 Å². The first-order valence-corrected chi connectivity index (χ1v) is 15.4. The number of aromatic nitrogens is 3. The van der Waals surface area contributed by atoms with Gasteiger partial charge in [-0.25, -0.2) is 9.37 Å². The molecule has 0 spiro atoms. The molecule has 3 fully saturated rings. The molecule has 2 unspecified atom stereocenters. The van der Waals surface area contributed by atoms with Gasteiger partial charge in [0.2, 0.25) is 0 Å². The van der Waals surface area contributed by atoms with Gasteiger partial charge in [0, 0.05) is 48.7 Å². The highest BCUT2D eigenvalue weighted by molar-refractivity contribution is 6.00. The minimum absolute atomic E-state index is 0.00889. The van der Waals surface area contributed by atoms with Crippen LogP contribution in [0.25, 0.3) is 44.6 Å². The molecule has 2 saturated carbocycles. The van der Waals surface area contributed by atoms with Gasteiger partial charge in [-0.1, -0.05) is 18.2 Å². The second-order valence-corrected chi connectivity index (χ2v) is 12.7. The topological polar surface area (TPSA) is 87.5 Å². The van der Waals surface area contributed by atoms with Crippen molar-refractivity contribution in [3.63, 3.8) is 0 Å². The molecule has 0 radical (unpaired) electrons. The first kappa shape index (κ1) is 27.2. The van der Waals surface area contributed by atoms with Gasteiger partial charge >= 0.3 is 0 Å². The molecule has 1 amide bonds. The van der Waals surface area contributed by atoms with Crippen LogP contribution < -0.4 is 15.2 Å². The number of likely N-dealkylation sites (tertiary alicyclic amines) is 1. The Balaban J connectivity index is 1.23. The van der Waals surface area contributed by atoms with Gasteiger partial charge in [0.05, 0.1) is 25.4 Å². The highest BCUT2D eigenvalue weighted by atomic mass is 19.1. The second-order valence-electron chi connectivity index (χ2n) is 12.7. The third-order valence-corrected chi connectivity index (χ3v) is 10.1. The lowest BCUT2D eigenvalue weighted by Gasteiger charge is -2.27. The summed E-state index contributed by atoms with van der Waals surface area (Å²) in [6.45, 7) is 1.59. The van der Waals surface area contributed by atoms with Gasteiger partial charge in [-0.2, -0.15) is 0 Å². The lowest BCUT2D eigenvalue weighted by Crippen LogP contribution is -2.41. The quantitative estimate of drug-likeness (QED) is 0.251. The lowest BCUT2D eigenvalue weighted by atomic mass is 10.0. The average molecular weight is 594 g/mol. The molecular formula is C35H36FN5O3. The van der Waals surface area contributed by atoms with Crippen molar-refractivity contribution in [3.8, 4) is 34.1 Å². The van der Waals surface area contributed by atoms with Gasteiger partial charge in [-0.05, 0) is 85.0 Å². The molecule has 9 heteroatoms. The lowest BCUT2D eigenvalue weighted by molar-refractivity contribution is 0.0700. The SMILES string of the molecule is COc1ccc(-c2ccc3cc(-c4nc5cc(C(=O)N6CC7CCC6[C@@H]7N)cc(OC)c5n4C)n(CC4CC4)c3c2)cc1F. The van der Waals surface area contributed by atoms with Crippen molar-refractivity contribution in [3.05, 3.63) is 66.0 Å². The number of amides is 1. The van der Waals surface area contributed by atoms with Crippen molar-refractivity contribution < 1.29 is 18.7 Å². The number of carbonyl (C=O) groups excluding carboxylic acids is 1. The number of nitrogens with zero attached hydrogens (tertiary/aromatic N) is 4. The number of ether oxygens (including phenoxy) is 2. The summed E-state index contributed by atoms with van der Waals surface area (Å²) >= 11 is 0. The fourth-order valence-corrected chi connectivity index (χ4v) is 7.49. The van der Waals surface area contributed by atoms with E-state index >= 15 is 0 Å². The second kappa shape index (κ2) is 10.1. The smallest absolute Gasteiger partial charge is 0.254 e. The van der Waals surface area contributed by atoms with Crippen LogP contribution in [0.15, 0.2) is 54.6 Å². The van der Waals surface area contributed by atoms with Crippen LogP contribution in [0, 0.1) is 17.7 Å². The molecule has 3 heterocycles. The van der Waals surface area contributed by atoms with Crippen LogP contribution in [-0.2, 0) is 13.6 Å². The fraction of sp³-hybridized carbons (Fsp3) is 0.371. The number of rotatable bonds is 7. The number of nitrogens with two attached hydrogens (primary N) is 1. The van der Waals surface area contributed by atoms with E-state index in [1.54, 1.807) is 13.2 Å². The Labute approximate surface area is 255 Å². The normalized spacial score (nSPS) is 21.1. The standard InChI is InChI=1S/C35H36FN5O3/c1-39-33-26(13-24(16-31(33)44-3)35(42)41-18-23-8-10-27(41)32(23)37)38-34(39)29-15-22-7-6-21(14-28(22)40(29)17-19-4-5-19)20-9-11-30(43-2)25(36)12-20/h6-7,9,11-16,19,23,27,32H,4-5,8,10,17-18,37H2,1-3H3/t23?,27?,32-/m1/s1. The van der Waals surface area contributed by atoms with Crippen molar-refractivity contribution in [1.82, 2.24) is 19.0 Å². The van der Waals surface area contributed by atoms with Gasteiger partial charge in [0.1, 0.15) is 11.3 Å². The minimum Gasteiger partial charge on any atom is -0.494 e. The monoisotopic (exact) mass is 593 g/mol. The Morgan fingerprint density at radius 1 is 0.977 bits per heavy atom. The van der Waals surface area contributed by atoms with Crippen LogP contribution in [0.5, 0.6) is 11.5 Å². The number of aryl methyl sites for hydroxylation is 1. The predicted octanol–water partition coefficient (Wildman–Crippen LogP) is 5.99. The van der Waals surface area contributed by atoms with E-state index in [9.17, 15) is 9.18 Å². The van der Waals surface area contributed by atoms with Crippen molar-refractivity contribution in [2.24, 2.45) is 24.6 Å². The zero-order valence-corrected chi connectivity index (χ0v) is 25.2. The number of carbonyl (C=O) groups is 1. The summed E-state index contributed by atoms with van der Waals surface area (Å²) in [5, 5.41) is 1.09. The van der Waals surface area contributed by atoms with E-state index in [2.05, 4.69) is 27.3 Å². The Morgan fingerprint density at radius 2 is 1.75 bits per heavy atom. The third-order valence-electron chi connectivity index (χ3n) is 10.1. The zero-order valence-electron chi connectivity index (χ0n) is 25.2. The zero-order chi connectivity index (χ0) is 30.3. The molecule has 8 nitrogen and oxygen atoms in total. The molecule has 44 heavy (non-hydrogen) atoms. The maximum atomic E-state index is 14.6. The number of methoxy groups -OCH3 is 2. The molecule has 2 aromatic heterocycles. The number of fused-ring (bicyclic) bond motifs is 4. The van der Waals surface area contributed by atoms with E-state index in [4.69, 9.17) is 20.2 Å². The Hall–Kier alpha value is -4.37. The average Bonchev–Trinajstić information content (AvgIpc) is 3.44. The van der Waals surface area contributed by atoms with Crippen molar-refractivity contribution in [1.29, 1.82) is 0 Å². The largest absolute Gasteiger partial charge is 0.494 e. The van der Waals surface area contributed by atoms with Gasteiger partial charge < -0.3 is 29.2 Å². The molecule has 3 atom stereocenters. The summed E-state index contributed by atoms with van der Waals surface area (Å²) in [4.78, 5) is 20.8. The Kier molecular flexibility index (Phi) is 6.24. The van der Waals surface area contributed by atoms with Crippen molar-refractivity contribution in [2.45, 2.75) is 44.3 Å². The summed E-state index contributed by atoms with van der Waals surface area (Å²) in [7, 11) is 5.10. The number of piperidine rings is 1. The predicted molar refractivity (Wildman–Crippen MR) is 168 cm³/mol. The van der Waals surface area contributed by atoms with Crippen LogP contribution >= 0.6 is 0 Å². The fourth-order valence-electron chi connectivity index (χ4n) is 7.49. The van der Waals surface area contributed by atoms with Gasteiger partial charge in [-0.3, -0.25) is 4.79 Å². The van der Waals surface area contributed by atoms with Crippen LogP contribution in [0.2, 0.25) is 0 Å². The molecular weight excluding hydrogens is 557 g/mol. The molecule has 226 valence electrons. The summed E-state index contributed by atoms with van der Waals surface area (Å²) in [6, 6.07) is 17.4. The Bertz CT molecular complexity index is 1960. The van der Waals surface area contributed by atoms with E-state index in [-0.39, 0.29) is 29.6 Å². The van der Waals surface area contributed by atoms with Crippen LogP contribution in [0.1, 0.15) is 36.0 Å². The maximum absolute atomic E-state index is 14.6. The number of benzene rings is 3. The molecule has 3 aromatic carbocycles. The molecule has 2 aliphatic carbocycles. The summed E-state index contributed by atoms with van der Waals surface area (Å²) in [6.07, 6.45) is 4.46. The van der Waals surface area contributed by atoms with Crippen LogP contribution in [0.3, 0.4) is 0 Å². The number of imidazole rings is 1.